The van der Waals surface area contributed by atoms with Crippen molar-refractivity contribution in [1.82, 2.24) is 15.0 Å². The highest BCUT2D eigenvalue weighted by Crippen LogP contribution is 2.77. The molecule has 5 fully saturated rings. The molecule has 2 N–H and O–H groups in total. The number of rotatable bonds is 6. The van der Waals surface area contributed by atoms with Gasteiger partial charge < -0.3 is 14.9 Å². The molecule has 0 unspecified atom stereocenters. The third-order valence-electron chi connectivity index (χ3n) is 14.7. The van der Waals surface area contributed by atoms with E-state index >= 15 is 0 Å². The molecule has 43 heavy (non-hydrogen) atoms. The minimum Gasteiger partial charge on any atom is -0.481 e. The van der Waals surface area contributed by atoms with E-state index in [1.54, 1.807) is 6.20 Å². The first-order valence-electron chi connectivity index (χ1n) is 16.7. The maximum atomic E-state index is 13.0. The van der Waals surface area contributed by atoms with Crippen LogP contribution >= 0.6 is 0 Å². The Labute approximate surface area is 257 Å². The van der Waals surface area contributed by atoms with E-state index < -0.39 is 11.4 Å². The van der Waals surface area contributed by atoms with Gasteiger partial charge in [0.1, 0.15) is 18.3 Å². The molecule has 238 valence electrons. The van der Waals surface area contributed by atoms with Crippen molar-refractivity contribution >= 4 is 11.9 Å². The van der Waals surface area contributed by atoms with Crippen molar-refractivity contribution in [2.45, 2.75) is 125 Å². The fourth-order valence-electron chi connectivity index (χ4n) is 12.5. The van der Waals surface area contributed by atoms with Crippen molar-refractivity contribution in [3.05, 3.63) is 24.0 Å². The van der Waals surface area contributed by atoms with Crippen molar-refractivity contribution in [3.63, 3.8) is 0 Å². The van der Waals surface area contributed by atoms with E-state index in [9.17, 15) is 19.8 Å². The molecule has 1 heterocycles. The second-order valence-electron chi connectivity index (χ2n) is 16.6. The van der Waals surface area contributed by atoms with Gasteiger partial charge in [0.25, 0.3) is 0 Å². The first-order valence-corrected chi connectivity index (χ1v) is 16.7. The highest BCUT2D eigenvalue weighted by molar-refractivity contribution is 5.76. The Hall–Kier alpha value is -2.22. The number of ether oxygens (including phenoxy) is 1. The Bertz CT molecular complexity index is 1310. The Morgan fingerprint density at radius 3 is 2.37 bits per heavy atom. The summed E-state index contributed by atoms with van der Waals surface area (Å²) in [5.74, 6) is 1.03. The molecule has 0 aliphatic heterocycles. The number of hydrogen-bond donors (Lipinski definition) is 2. The van der Waals surface area contributed by atoms with Crippen LogP contribution in [0.4, 0.5) is 0 Å². The molecule has 0 spiro atoms. The van der Waals surface area contributed by atoms with E-state index in [0.717, 1.165) is 64.2 Å². The Balaban J connectivity index is 1.25. The van der Waals surface area contributed by atoms with Crippen molar-refractivity contribution in [2.75, 3.05) is 0 Å². The van der Waals surface area contributed by atoms with Gasteiger partial charge in [-0.2, -0.15) is 0 Å². The normalized spacial score (nSPS) is 44.8. The highest BCUT2D eigenvalue weighted by Gasteiger charge is 2.72. The van der Waals surface area contributed by atoms with E-state index in [1.807, 2.05) is 0 Å². The predicted octanol–water partition coefficient (Wildman–Crippen LogP) is 6.42. The molecule has 5 saturated carbocycles. The van der Waals surface area contributed by atoms with Gasteiger partial charge in [-0.3, -0.25) is 9.59 Å². The maximum absolute atomic E-state index is 13.0. The number of aliphatic hydroxyl groups excluding tert-OH is 1. The van der Waals surface area contributed by atoms with Gasteiger partial charge in [0, 0.05) is 5.41 Å². The van der Waals surface area contributed by atoms with Gasteiger partial charge in [-0.15, -0.1) is 5.10 Å². The number of allylic oxidation sites excluding steroid dienone is 1. The third kappa shape index (κ3) is 4.24. The molecule has 0 amide bonds. The molecule has 0 saturated heterocycles. The van der Waals surface area contributed by atoms with Crippen LogP contribution in [0.3, 0.4) is 0 Å². The molecule has 6 rings (SSSR count). The fraction of sp³-hybridized carbons (Fsp3) is 0.829. The molecule has 10 atom stereocenters. The zero-order valence-electron chi connectivity index (χ0n) is 27.2. The molecule has 8 nitrogen and oxygen atoms in total. The third-order valence-corrected chi connectivity index (χ3v) is 14.7. The number of carboxylic acid groups (broad SMARTS) is 1. The van der Waals surface area contributed by atoms with Gasteiger partial charge in [-0.05, 0) is 117 Å². The van der Waals surface area contributed by atoms with Gasteiger partial charge in [0.15, 0.2) is 0 Å². The lowest BCUT2D eigenvalue weighted by atomic mass is 9.32. The molecule has 8 heteroatoms. The van der Waals surface area contributed by atoms with Crippen molar-refractivity contribution < 1.29 is 24.5 Å². The first-order chi connectivity index (χ1) is 20.1. The Morgan fingerprint density at radius 1 is 0.977 bits per heavy atom. The quantitative estimate of drug-likeness (QED) is 0.288. The molecular weight excluding hydrogens is 542 g/mol. The average Bonchev–Trinajstić information content (AvgIpc) is 3.56. The van der Waals surface area contributed by atoms with Crippen LogP contribution in [0, 0.1) is 56.7 Å². The number of aromatic nitrogens is 3. The number of carboxylic acids is 1. The standard InChI is InChI=1S/C35H53N3O5/c1-21(2)23-10-15-35(30(41)42)17-16-33(6)24(29(23)35)8-9-26-32(5)13-12-27(31(3,4)25(32)11-14-34(26,33)7)43-28(40)19-38-18-22(20-39)36-37-38/h18,23-27,29,39H,1,8-17,19-20H2,2-7H3,(H,41,42)/t23-,24+,25-,26+,27-,29+,32-,33+,34+,35-/m0/s1. The van der Waals surface area contributed by atoms with Crippen molar-refractivity contribution in [2.24, 2.45) is 56.7 Å². The lowest BCUT2D eigenvalue weighted by Crippen LogP contribution is -2.67. The van der Waals surface area contributed by atoms with Gasteiger partial charge >= 0.3 is 11.9 Å². The summed E-state index contributed by atoms with van der Waals surface area (Å²) in [6.07, 6.45) is 11.4. The summed E-state index contributed by atoms with van der Waals surface area (Å²) in [6, 6.07) is 0. The summed E-state index contributed by atoms with van der Waals surface area (Å²) >= 11 is 0. The van der Waals surface area contributed by atoms with Crippen LogP contribution in [0.25, 0.3) is 0 Å². The largest absolute Gasteiger partial charge is 0.481 e. The first kappa shape index (κ1) is 30.8. The number of carbonyl (C=O) groups is 2. The lowest BCUT2D eigenvalue weighted by molar-refractivity contribution is -0.250. The molecule has 0 aromatic carbocycles. The van der Waals surface area contributed by atoms with Crippen LogP contribution in [0.2, 0.25) is 0 Å². The van der Waals surface area contributed by atoms with E-state index in [1.165, 1.54) is 10.3 Å². The van der Waals surface area contributed by atoms with E-state index in [4.69, 9.17) is 4.74 Å². The van der Waals surface area contributed by atoms with Crippen LogP contribution in [0.15, 0.2) is 18.3 Å². The SMILES string of the molecule is C=C(C)[C@@H]1CC[C@]2(C(=O)O)CC[C@]3(C)[C@H](CC[C@@H]4[C@@]5(C)CC[C@H](OC(=O)Cn6cc(CO)nn6)C(C)(C)[C@@H]5CC[C@]43C)[C@@H]12. The summed E-state index contributed by atoms with van der Waals surface area (Å²) in [6.45, 7) is 18.5. The second-order valence-corrected chi connectivity index (χ2v) is 16.6. The number of fused-ring (bicyclic) bond motifs is 7. The number of esters is 1. The number of aliphatic carboxylic acids is 1. The summed E-state index contributed by atoms with van der Waals surface area (Å²) in [7, 11) is 0. The number of nitrogens with zero attached hydrogens (tertiary/aromatic N) is 3. The van der Waals surface area contributed by atoms with Crippen LogP contribution in [0.1, 0.15) is 111 Å². The number of hydrogen-bond acceptors (Lipinski definition) is 6. The molecule has 5 aliphatic carbocycles. The van der Waals surface area contributed by atoms with E-state index in [-0.39, 0.29) is 52.8 Å². The van der Waals surface area contributed by atoms with Gasteiger partial charge in [-0.25, -0.2) is 4.68 Å². The minimum absolute atomic E-state index is 0.00781. The predicted molar refractivity (Wildman–Crippen MR) is 162 cm³/mol. The van der Waals surface area contributed by atoms with Gasteiger partial charge in [-0.1, -0.05) is 52.0 Å². The summed E-state index contributed by atoms with van der Waals surface area (Å²) < 4.78 is 7.61. The average molecular weight is 596 g/mol. The molecule has 0 radical (unpaired) electrons. The summed E-state index contributed by atoms with van der Waals surface area (Å²) in [4.78, 5) is 25.9. The smallest absolute Gasteiger partial charge is 0.328 e. The zero-order valence-corrected chi connectivity index (χ0v) is 27.2. The van der Waals surface area contributed by atoms with Crippen LogP contribution < -0.4 is 0 Å². The molecular formula is C35H53N3O5. The van der Waals surface area contributed by atoms with Crippen LogP contribution in [0.5, 0.6) is 0 Å². The van der Waals surface area contributed by atoms with Crippen LogP contribution in [-0.4, -0.2) is 43.2 Å². The minimum atomic E-state index is -0.589. The molecule has 1 aromatic heterocycles. The Kier molecular flexibility index (Phi) is 7.27. The fourth-order valence-corrected chi connectivity index (χ4v) is 12.5. The zero-order chi connectivity index (χ0) is 31.2. The lowest BCUT2D eigenvalue weighted by Gasteiger charge is -2.72. The number of aliphatic hydroxyl groups is 1. The summed E-state index contributed by atoms with van der Waals surface area (Å²) in [5, 5.41) is 27.7. The number of carbonyl (C=O) groups excluding carboxylic acids is 1. The highest BCUT2D eigenvalue weighted by atomic mass is 16.5. The molecule has 5 aliphatic rings. The monoisotopic (exact) mass is 595 g/mol. The van der Waals surface area contributed by atoms with Gasteiger partial charge in [0.05, 0.1) is 18.2 Å². The maximum Gasteiger partial charge on any atom is 0.328 e. The summed E-state index contributed by atoms with van der Waals surface area (Å²) in [5.41, 5.74) is 1.24. The van der Waals surface area contributed by atoms with E-state index in [0.29, 0.717) is 29.4 Å². The Morgan fingerprint density at radius 2 is 1.72 bits per heavy atom. The molecule has 0 bridgehead atoms. The molecule has 1 aromatic rings. The van der Waals surface area contributed by atoms with Crippen molar-refractivity contribution in [3.8, 4) is 0 Å². The van der Waals surface area contributed by atoms with E-state index in [2.05, 4.69) is 58.4 Å². The van der Waals surface area contributed by atoms with Crippen LogP contribution in [-0.2, 0) is 27.5 Å². The van der Waals surface area contributed by atoms with Gasteiger partial charge in [0.2, 0.25) is 0 Å². The van der Waals surface area contributed by atoms with Crippen molar-refractivity contribution in [1.29, 1.82) is 0 Å². The topological polar surface area (TPSA) is 115 Å². The second kappa shape index (κ2) is 10.1.